The summed E-state index contributed by atoms with van der Waals surface area (Å²) < 4.78 is 131. The number of rotatable bonds is 10. The third-order valence-corrected chi connectivity index (χ3v) is 8.04. The number of carbonyl (C=O) groups is 1. The van der Waals surface area contributed by atoms with Crippen molar-refractivity contribution in [2.24, 2.45) is 0 Å². The van der Waals surface area contributed by atoms with E-state index in [2.05, 4.69) is 4.98 Å². The molecule has 0 aliphatic heterocycles. The van der Waals surface area contributed by atoms with Crippen molar-refractivity contribution in [1.29, 1.82) is 0 Å². The molecule has 46 heavy (non-hydrogen) atoms. The number of ether oxygens (including phenoxy) is 2. The van der Waals surface area contributed by atoms with Gasteiger partial charge in [-0.15, -0.1) is 11.3 Å². The zero-order chi connectivity index (χ0) is 34.0. The van der Waals surface area contributed by atoms with Crippen LogP contribution in [0.15, 0.2) is 60.7 Å². The van der Waals surface area contributed by atoms with Crippen molar-refractivity contribution in [3.05, 3.63) is 99.1 Å². The van der Waals surface area contributed by atoms with Crippen molar-refractivity contribution in [1.82, 2.24) is 4.98 Å². The molecule has 3 aromatic carbocycles. The van der Waals surface area contributed by atoms with E-state index in [4.69, 9.17) is 14.6 Å². The lowest BCUT2D eigenvalue weighted by molar-refractivity contribution is -0.143. The van der Waals surface area contributed by atoms with Crippen LogP contribution in [0.4, 0.5) is 39.5 Å². The molecule has 246 valence electrons. The van der Waals surface area contributed by atoms with Gasteiger partial charge in [0.15, 0.2) is 0 Å². The van der Waals surface area contributed by atoms with Crippen LogP contribution in [0.25, 0.3) is 10.6 Å². The largest absolute Gasteiger partial charge is 0.487 e. The third kappa shape index (κ3) is 8.71. The van der Waals surface area contributed by atoms with E-state index < -0.39 is 59.6 Å². The zero-order valence-corrected chi connectivity index (χ0v) is 24.7. The van der Waals surface area contributed by atoms with Gasteiger partial charge in [0.1, 0.15) is 29.2 Å². The summed E-state index contributed by atoms with van der Waals surface area (Å²) in [5.74, 6) is -1.32. The van der Waals surface area contributed by atoms with Crippen molar-refractivity contribution in [3.8, 4) is 22.1 Å². The highest BCUT2D eigenvalue weighted by atomic mass is 32.1. The van der Waals surface area contributed by atoms with Crippen LogP contribution in [0.3, 0.4) is 0 Å². The van der Waals surface area contributed by atoms with Crippen LogP contribution < -0.4 is 9.47 Å². The van der Waals surface area contributed by atoms with Gasteiger partial charge in [0.05, 0.1) is 27.3 Å². The van der Waals surface area contributed by atoms with Crippen LogP contribution in [0.2, 0.25) is 0 Å². The van der Waals surface area contributed by atoms with Crippen LogP contribution >= 0.6 is 11.3 Å². The normalized spacial score (nSPS) is 13.0. The fourth-order valence-corrected chi connectivity index (χ4v) is 5.45. The first kappa shape index (κ1) is 34.6. The van der Waals surface area contributed by atoms with E-state index in [1.807, 2.05) is 0 Å². The second kappa shape index (κ2) is 13.2. The van der Waals surface area contributed by atoms with Gasteiger partial charge >= 0.3 is 24.5 Å². The number of aryl methyl sites for hydroxylation is 2. The summed E-state index contributed by atoms with van der Waals surface area (Å²) in [7, 11) is 0. The summed E-state index contributed by atoms with van der Waals surface area (Å²) >= 11 is 0.999. The number of carboxylic acids is 1. The number of nitrogens with zero attached hydrogens (tertiary/aromatic N) is 1. The fraction of sp³-hybridized carbons (Fsp3) is 0.290. The Morgan fingerprint density at radius 3 is 1.93 bits per heavy atom. The van der Waals surface area contributed by atoms with Gasteiger partial charge in [-0.3, -0.25) is 4.79 Å². The van der Waals surface area contributed by atoms with Crippen molar-refractivity contribution < 1.29 is 58.9 Å². The van der Waals surface area contributed by atoms with Gasteiger partial charge in [-0.05, 0) is 73.9 Å². The van der Waals surface area contributed by atoms with E-state index in [1.54, 1.807) is 32.0 Å². The molecule has 1 atom stereocenters. The van der Waals surface area contributed by atoms with E-state index in [1.165, 1.54) is 12.1 Å². The molecule has 4 aromatic rings. The average Bonchev–Trinajstić information content (AvgIpc) is 3.39. The quantitative estimate of drug-likeness (QED) is 0.169. The van der Waals surface area contributed by atoms with Crippen LogP contribution in [0, 0.1) is 6.92 Å². The number of hydrogen-bond donors (Lipinski definition) is 1. The number of carboxylic acid groups (broad SMARTS) is 1. The van der Waals surface area contributed by atoms with Crippen molar-refractivity contribution >= 4 is 17.3 Å². The Kier molecular flexibility index (Phi) is 9.95. The summed E-state index contributed by atoms with van der Waals surface area (Å²) in [6, 6.07) is 9.85. The number of aliphatic carboxylic acids is 1. The number of alkyl halides is 9. The highest BCUT2D eigenvalue weighted by molar-refractivity contribution is 7.15. The summed E-state index contributed by atoms with van der Waals surface area (Å²) in [5, 5.41) is 9.16. The maximum absolute atomic E-state index is 13.4. The maximum atomic E-state index is 13.4. The Morgan fingerprint density at radius 1 is 0.826 bits per heavy atom. The van der Waals surface area contributed by atoms with Crippen molar-refractivity contribution in [3.63, 3.8) is 0 Å². The topological polar surface area (TPSA) is 68.7 Å². The summed E-state index contributed by atoms with van der Waals surface area (Å²) in [6.45, 7) is 2.77. The minimum Gasteiger partial charge on any atom is -0.487 e. The predicted octanol–water partition coefficient (Wildman–Crippen LogP) is 9.91. The van der Waals surface area contributed by atoms with Crippen molar-refractivity contribution in [2.75, 3.05) is 0 Å². The molecular weight excluding hydrogens is 653 g/mol. The number of benzene rings is 3. The molecular formula is C31H24F9NO4S. The van der Waals surface area contributed by atoms with E-state index in [0.29, 0.717) is 22.8 Å². The molecule has 0 radical (unpaired) electrons. The summed E-state index contributed by atoms with van der Waals surface area (Å²) in [6.07, 6.45) is -15.4. The summed E-state index contributed by atoms with van der Waals surface area (Å²) in [5.41, 5.74) is -2.17. The lowest BCUT2D eigenvalue weighted by Gasteiger charge is -2.17. The van der Waals surface area contributed by atoms with Gasteiger partial charge in [-0.2, -0.15) is 39.5 Å². The number of thiazole rings is 1. The Labute approximate surface area is 260 Å². The van der Waals surface area contributed by atoms with Gasteiger partial charge in [-0.1, -0.05) is 18.2 Å². The molecule has 15 heteroatoms. The first-order valence-corrected chi connectivity index (χ1v) is 14.2. The Bertz CT molecular complexity index is 1660. The molecule has 1 N–H and O–H groups in total. The molecule has 1 heterocycles. The van der Waals surface area contributed by atoms with E-state index in [0.717, 1.165) is 34.6 Å². The Morgan fingerprint density at radius 2 is 1.41 bits per heavy atom. The molecule has 0 aliphatic rings. The molecule has 0 amide bonds. The standard InChI is InChI=1S/C31H24F9NO4S/c1-16-11-23(9-5-18(16)6-10-26(42)43)45-17(2)27-25(41-28(46-27)19-3-7-20(8-4-19)29(32,33)34)15-44-24-13-21(30(35,36)37)12-22(14-24)31(38,39)40/h3-5,7-9,11-14,17H,6,10,15H2,1-2H3,(H,42,43). The molecule has 0 fully saturated rings. The lowest BCUT2D eigenvalue weighted by atomic mass is 10.0. The SMILES string of the molecule is Cc1cc(OC(C)c2sc(-c3ccc(C(F)(F)F)cc3)nc2COc2cc(C(F)(F)F)cc(C(F)(F)F)c2)ccc1CCC(=O)O. The molecule has 1 aromatic heterocycles. The van der Waals surface area contributed by atoms with Gasteiger partial charge < -0.3 is 14.6 Å². The minimum atomic E-state index is -5.09. The first-order chi connectivity index (χ1) is 21.3. The Balaban J connectivity index is 1.67. The average molecular weight is 678 g/mol. The molecule has 0 spiro atoms. The molecule has 0 bridgehead atoms. The first-order valence-electron chi connectivity index (χ1n) is 13.4. The van der Waals surface area contributed by atoms with Crippen LogP contribution in [-0.2, 0) is 36.4 Å². The predicted molar refractivity (Wildman–Crippen MR) is 150 cm³/mol. The molecule has 5 nitrogen and oxygen atoms in total. The third-order valence-electron chi connectivity index (χ3n) is 6.73. The van der Waals surface area contributed by atoms with E-state index >= 15 is 0 Å². The molecule has 0 saturated heterocycles. The number of halogens is 9. The maximum Gasteiger partial charge on any atom is 0.416 e. The van der Waals surface area contributed by atoms with E-state index in [-0.39, 0.29) is 35.2 Å². The van der Waals surface area contributed by atoms with Gasteiger partial charge in [-0.25, -0.2) is 4.98 Å². The van der Waals surface area contributed by atoms with Crippen LogP contribution in [0.5, 0.6) is 11.5 Å². The smallest absolute Gasteiger partial charge is 0.416 e. The molecule has 0 aliphatic carbocycles. The second-order valence-corrected chi connectivity index (χ2v) is 11.2. The van der Waals surface area contributed by atoms with Gasteiger partial charge in [0, 0.05) is 12.0 Å². The van der Waals surface area contributed by atoms with Crippen LogP contribution in [0.1, 0.15) is 57.8 Å². The highest BCUT2D eigenvalue weighted by Crippen LogP contribution is 2.40. The monoisotopic (exact) mass is 677 g/mol. The fourth-order valence-electron chi connectivity index (χ4n) is 4.39. The number of hydrogen-bond acceptors (Lipinski definition) is 5. The Hall–Kier alpha value is -4.27. The summed E-state index contributed by atoms with van der Waals surface area (Å²) in [4.78, 5) is 15.7. The van der Waals surface area contributed by atoms with Gasteiger partial charge in [0.25, 0.3) is 0 Å². The second-order valence-electron chi connectivity index (χ2n) is 10.2. The highest BCUT2D eigenvalue weighted by Gasteiger charge is 2.37. The van der Waals surface area contributed by atoms with Crippen LogP contribution in [-0.4, -0.2) is 16.1 Å². The van der Waals surface area contributed by atoms with Crippen molar-refractivity contribution in [2.45, 2.75) is 57.9 Å². The zero-order valence-electron chi connectivity index (χ0n) is 23.9. The molecule has 4 rings (SSSR count). The molecule has 0 saturated carbocycles. The number of aromatic nitrogens is 1. The van der Waals surface area contributed by atoms with E-state index in [9.17, 15) is 44.3 Å². The lowest BCUT2D eigenvalue weighted by Crippen LogP contribution is -2.12. The minimum absolute atomic E-state index is 0.0330. The van der Waals surface area contributed by atoms with Gasteiger partial charge in [0.2, 0.25) is 0 Å². The molecule has 1 unspecified atom stereocenters.